The lowest BCUT2D eigenvalue weighted by atomic mass is 10.0. The van der Waals surface area contributed by atoms with Gasteiger partial charge in [0.05, 0.1) is 6.54 Å². The number of carbonyl (C=O) groups excluding carboxylic acids is 1. The fourth-order valence-corrected chi connectivity index (χ4v) is 3.89. The molecule has 2 N–H and O–H groups in total. The van der Waals surface area contributed by atoms with Crippen molar-refractivity contribution in [1.82, 2.24) is 4.98 Å². The van der Waals surface area contributed by atoms with Crippen molar-refractivity contribution in [3.05, 3.63) is 88.4 Å². The minimum atomic E-state index is -1.55. The Morgan fingerprint density at radius 3 is 2.61 bits per heavy atom. The highest BCUT2D eigenvalue weighted by Crippen LogP contribution is 2.28. The van der Waals surface area contributed by atoms with Crippen molar-refractivity contribution in [2.45, 2.75) is 18.9 Å². The van der Waals surface area contributed by atoms with Crippen molar-refractivity contribution in [3.63, 3.8) is 0 Å². The van der Waals surface area contributed by atoms with Crippen LogP contribution in [0.3, 0.4) is 0 Å². The molecule has 1 aliphatic rings. The van der Waals surface area contributed by atoms with Crippen molar-refractivity contribution in [1.29, 1.82) is 0 Å². The van der Waals surface area contributed by atoms with E-state index in [1.807, 2.05) is 6.07 Å². The highest BCUT2D eigenvalue weighted by Gasteiger charge is 2.26. The van der Waals surface area contributed by atoms with Crippen molar-refractivity contribution in [2.24, 2.45) is 0 Å². The molecule has 0 fully saturated rings. The summed E-state index contributed by atoms with van der Waals surface area (Å²) in [6.07, 6.45) is 0.669. The molecular formula is C24H21F4N3O2. The molecule has 0 saturated carbocycles. The van der Waals surface area contributed by atoms with Gasteiger partial charge in [0.1, 0.15) is 18.6 Å². The third kappa shape index (κ3) is 4.83. The van der Waals surface area contributed by atoms with E-state index < -0.39 is 36.1 Å². The Hall–Kier alpha value is -3.46. The third-order valence-corrected chi connectivity index (χ3v) is 5.45. The van der Waals surface area contributed by atoms with E-state index in [-0.39, 0.29) is 24.3 Å². The number of nitrogens with zero attached hydrogens (tertiary/aromatic N) is 2. The molecule has 0 spiro atoms. The smallest absolute Gasteiger partial charge is 0.259 e. The molecule has 9 heteroatoms. The first-order valence-electron chi connectivity index (χ1n) is 10.4. The fraction of sp³-hybridized carbons (Fsp3) is 0.250. The van der Waals surface area contributed by atoms with Crippen LogP contribution in [0.2, 0.25) is 0 Å². The number of halogens is 4. The number of rotatable bonds is 7. The summed E-state index contributed by atoms with van der Waals surface area (Å²) in [4.78, 5) is 18.8. The summed E-state index contributed by atoms with van der Waals surface area (Å²) in [6, 6.07) is 10.2. The molecule has 1 amide bonds. The maximum Gasteiger partial charge on any atom is 0.259 e. The Labute approximate surface area is 187 Å². The number of fused-ring (bicyclic) bond motifs is 1. The molecule has 0 unspecified atom stereocenters. The van der Waals surface area contributed by atoms with E-state index in [2.05, 4.69) is 10.3 Å². The van der Waals surface area contributed by atoms with Crippen molar-refractivity contribution < 1.29 is 27.5 Å². The molecule has 1 aliphatic heterocycles. The molecule has 0 aliphatic carbocycles. The summed E-state index contributed by atoms with van der Waals surface area (Å²) in [5.41, 5.74) is 2.82. The highest BCUT2D eigenvalue weighted by molar-refractivity contribution is 6.07. The van der Waals surface area contributed by atoms with Gasteiger partial charge in [-0.1, -0.05) is 6.07 Å². The summed E-state index contributed by atoms with van der Waals surface area (Å²) in [5.74, 6) is -4.44. The van der Waals surface area contributed by atoms with Crippen LogP contribution < -0.4 is 10.2 Å². The van der Waals surface area contributed by atoms with Crippen molar-refractivity contribution in [3.8, 4) is 0 Å². The SMILES string of the molecule is O=C(c1cccc2c1CCN2)N(C[C@@H](O)CF)c1cc(Cc2cc(F)c(F)c(F)c2)ccn1. The van der Waals surface area contributed by atoms with E-state index in [0.717, 1.165) is 23.4 Å². The molecule has 4 rings (SSSR count). The number of pyridine rings is 1. The largest absolute Gasteiger partial charge is 0.389 e. The van der Waals surface area contributed by atoms with Crippen LogP contribution in [0.4, 0.5) is 29.1 Å². The third-order valence-electron chi connectivity index (χ3n) is 5.45. The molecule has 0 bridgehead atoms. The number of benzene rings is 2. The van der Waals surface area contributed by atoms with Gasteiger partial charge >= 0.3 is 0 Å². The van der Waals surface area contributed by atoms with Gasteiger partial charge in [0.25, 0.3) is 5.91 Å². The van der Waals surface area contributed by atoms with Gasteiger partial charge in [-0.3, -0.25) is 9.69 Å². The quantitative estimate of drug-likeness (QED) is 0.414. The second kappa shape index (κ2) is 9.58. The molecule has 2 aromatic carbocycles. The number of aromatic nitrogens is 1. The molecule has 3 aromatic rings. The van der Waals surface area contributed by atoms with Gasteiger partial charge in [0, 0.05) is 24.0 Å². The zero-order valence-corrected chi connectivity index (χ0v) is 17.5. The van der Waals surface area contributed by atoms with E-state index in [9.17, 15) is 27.5 Å². The van der Waals surface area contributed by atoms with Gasteiger partial charge in [0.15, 0.2) is 17.5 Å². The van der Waals surface area contributed by atoms with E-state index in [0.29, 0.717) is 24.1 Å². The van der Waals surface area contributed by atoms with E-state index in [1.165, 1.54) is 17.2 Å². The topological polar surface area (TPSA) is 65.5 Å². The van der Waals surface area contributed by atoms with Crippen LogP contribution in [-0.4, -0.2) is 41.9 Å². The van der Waals surface area contributed by atoms with Gasteiger partial charge < -0.3 is 10.4 Å². The zero-order chi connectivity index (χ0) is 23.5. The first-order valence-corrected chi connectivity index (χ1v) is 10.4. The number of aliphatic hydroxyl groups is 1. The number of alkyl halides is 1. The van der Waals surface area contributed by atoms with Crippen LogP contribution >= 0.6 is 0 Å². The lowest BCUT2D eigenvalue weighted by Gasteiger charge is -2.25. The maximum absolute atomic E-state index is 13.6. The Morgan fingerprint density at radius 1 is 1.12 bits per heavy atom. The number of hydrogen-bond acceptors (Lipinski definition) is 4. The standard InChI is InChI=1S/C24H21F4N3O2/c25-12-16(32)13-31(24(33)18-2-1-3-21-17(18)5-7-29-21)22-11-14(4-6-30-22)8-15-9-19(26)23(28)20(27)10-15/h1-4,6,9-11,16,29,32H,5,7-8,12-13H2/t16-/m0/s1. The number of nitrogens with one attached hydrogen (secondary N) is 1. The summed E-state index contributed by atoms with van der Waals surface area (Å²) >= 11 is 0. The van der Waals surface area contributed by atoms with Crippen LogP contribution in [0.25, 0.3) is 0 Å². The van der Waals surface area contributed by atoms with E-state index in [1.54, 1.807) is 18.2 Å². The van der Waals surface area contributed by atoms with Gasteiger partial charge in [-0.15, -0.1) is 0 Å². The lowest BCUT2D eigenvalue weighted by molar-refractivity contribution is 0.0945. The second-order valence-electron chi connectivity index (χ2n) is 7.80. The normalized spacial score (nSPS) is 13.4. The van der Waals surface area contributed by atoms with Crippen molar-refractivity contribution in [2.75, 3.05) is 30.0 Å². The summed E-state index contributed by atoms with van der Waals surface area (Å²) in [7, 11) is 0. The maximum atomic E-state index is 13.6. The van der Waals surface area contributed by atoms with E-state index in [4.69, 9.17) is 0 Å². The van der Waals surface area contributed by atoms with Gasteiger partial charge in [-0.25, -0.2) is 22.5 Å². The summed E-state index contributed by atoms with van der Waals surface area (Å²) < 4.78 is 53.5. The molecule has 5 nitrogen and oxygen atoms in total. The molecular weight excluding hydrogens is 438 g/mol. The second-order valence-corrected chi connectivity index (χ2v) is 7.80. The minimum absolute atomic E-state index is 0.0436. The highest BCUT2D eigenvalue weighted by atomic mass is 19.2. The van der Waals surface area contributed by atoms with Gasteiger partial charge in [0.2, 0.25) is 0 Å². The molecule has 1 atom stereocenters. The lowest BCUT2D eigenvalue weighted by Crippen LogP contribution is -2.39. The minimum Gasteiger partial charge on any atom is -0.389 e. The Bertz CT molecular complexity index is 1170. The Kier molecular flexibility index (Phi) is 6.60. The Balaban J connectivity index is 1.67. The van der Waals surface area contributed by atoms with Crippen LogP contribution in [0, 0.1) is 17.5 Å². The predicted molar refractivity (Wildman–Crippen MR) is 116 cm³/mol. The number of aliphatic hydroxyl groups excluding tert-OH is 1. The molecule has 172 valence electrons. The van der Waals surface area contributed by atoms with E-state index >= 15 is 0 Å². The Morgan fingerprint density at radius 2 is 1.88 bits per heavy atom. The average molecular weight is 459 g/mol. The number of hydrogen-bond donors (Lipinski definition) is 2. The molecule has 33 heavy (non-hydrogen) atoms. The number of amides is 1. The van der Waals surface area contributed by atoms with Gasteiger partial charge in [-0.05, 0) is 65.9 Å². The average Bonchev–Trinajstić information content (AvgIpc) is 3.29. The van der Waals surface area contributed by atoms with Crippen LogP contribution in [0.1, 0.15) is 27.0 Å². The predicted octanol–water partition coefficient (Wildman–Crippen LogP) is 4.03. The first kappa shape index (κ1) is 22.7. The molecule has 1 aromatic heterocycles. The van der Waals surface area contributed by atoms with Crippen LogP contribution in [-0.2, 0) is 12.8 Å². The summed E-state index contributed by atoms with van der Waals surface area (Å²) in [5, 5.41) is 13.1. The monoisotopic (exact) mass is 459 g/mol. The van der Waals surface area contributed by atoms with Crippen molar-refractivity contribution >= 4 is 17.4 Å². The number of carbonyl (C=O) groups is 1. The van der Waals surface area contributed by atoms with Crippen LogP contribution in [0.15, 0.2) is 48.7 Å². The zero-order valence-electron chi connectivity index (χ0n) is 17.5. The fourth-order valence-electron chi connectivity index (χ4n) is 3.89. The number of anilines is 2. The van der Waals surface area contributed by atoms with Crippen LogP contribution in [0.5, 0.6) is 0 Å². The molecule has 2 heterocycles. The molecule has 0 radical (unpaired) electrons. The van der Waals surface area contributed by atoms with Gasteiger partial charge in [-0.2, -0.15) is 0 Å². The summed E-state index contributed by atoms with van der Waals surface area (Å²) in [6.45, 7) is -0.694. The molecule has 0 saturated heterocycles. The first-order chi connectivity index (χ1) is 15.9.